The van der Waals surface area contributed by atoms with Gasteiger partial charge in [-0.25, -0.2) is 0 Å². The molecule has 1 aliphatic rings. The summed E-state index contributed by atoms with van der Waals surface area (Å²) < 4.78 is 40.1. The Kier molecular flexibility index (Phi) is 5.75. The highest BCUT2D eigenvalue weighted by atomic mass is 19.3. The molecule has 0 unspecified atom stereocenters. The van der Waals surface area contributed by atoms with Crippen LogP contribution in [0.2, 0.25) is 0 Å². The number of alkyl halides is 2. The van der Waals surface area contributed by atoms with Crippen LogP contribution in [0, 0.1) is 0 Å². The van der Waals surface area contributed by atoms with Crippen LogP contribution in [0.4, 0.5) is 14.5 Å². The molecule has 0 radical (unpaired) electrons. The highest BCUT2D eigenvalue weighted by Crippen LogP contribution is 2.33. The van der Waals surface area contributed by atoms with Crippen molar-refractivity contribution in [2.45, 2.75) is 26.1 Å². The van der Waals surface area contributed by atoms with E-state index in [1.165, 1.54) is 12.1 Å². The van der Waals surface area contributed by atoms with Crippen LogP contribution < -0.4 is 19.5 Å². The molecule has 0 aromatic heterocycles. The minimum atomic E-state index is -2.96. The van der Waals surface area contributed by atoms with Crippen LogP contribution in [-0.4, -0.2) is 37.3 Å². The summed E-state index contributed by atoms with van der Waals surface area (Å²) >= 11 is 0. The van der Waals surface area contributed by atoms with Crippen molar-refractivity contribution in [2.75, 3.05) is 19.2 Å². The summed E-state index contributed by atoms with van der Waals surface area (Å²) in [5.41, 5.74) is 1.16. The SMILES string of the molecule is C[C@H](C(=O)Nc1ccccc1OC(F)F)N(C)Cc1ccc2c(c1)OCO2. The monoisotopic (exact) mass is 378 g/mol. The molecule has 1 atom stereocenters. The summed E-state index contributed by atoms with van der Waals surface area (Å²) in [6, 6.07) is 11.2. The topological polar surface area (TPSA) is 60.0 Å². The van der Waals surface area contributed by atoms with Gasteiger partial charge in [-0.2, -0.15) is 8.78 Å². The van der Waals surface area contributed by atoms with Crippen molar-refractivity contribution in [1.82, 2.24) is 4.90 Å². The number of amides is 1. The normalized spacial score (nSPS) is 13.7. The predicted octanol–water partition coefficient (Wildman–Crippen LogP) is 3.48. The lowest BCUT2D eigenvalue weighted by atomic mass is 10.1. The summed E-state index contributed by atoms with van der Waals surface area (Å²) in [6.45, 7) is -0.526. The number of likely N-dealkylation sites (N-methyl/N-ethyl adjacent to an activating group) is 1. The van der Waals surface area contributed by atoms with Gasteiger partial charge in [0.05, 0.1) is 11.7 Å². The third-order valence-corrected chi connectivity index (χ3v) is 4.27. The van der Waals surface area contributed by atoms with Crippen LogP contribution in [0.1, 0.15) is 12.5 Å². The predicted molar refractivity (Wildman–Crippen MR) is 95.2 cm³/mol. The quantitative estimate of drug-likeness (QED) is 0.799. The number of hydrogen-bond donors (Lipinski definition) is 1. The van der Waals surface area contributed by atoms with E-state index in [-0.39, 0.29) is 24.1 Å². The Hall–Kier alpha value is -2.87. The number of ether oxygens (including phenoxy) is 3. The number of hydrogen-bond acceptors (Lipinski definition) is 5. The molecule has 1 heterocycles. The minimum Gasteiger partial charge on any atom is -0.454 e. The van der Waals surface area contributed by atoms with E-state index in [9.17, 15) is 13.6 Å². The number of carbonyl (C=O) groups excluding carboxylic acids is 1. The number of carbonyl (C=O) groups is 1. The maximum atomic E-state index is 12.5. The first-order chi connectivity index (χ1) is 12.9. The second kappa shape index (κ2) is 8.22. The number of fused-ring (bicyclic) bond motifs is 1. The molecule has 6 nitrogen and oxygen atoms in total. The Labute approximate surface area is 155 Å². The first kappa shape index (κ1) is 18.9. The molecule has 0 bridgehead atoms. The lowest BCUT2D eigenvalue weighted by molar-refractivity contribution is -0.120. The minimum absolute atomic E-state index is 0.0773. The van der Waals surface area contributed by atoms with E-state index in [2.05, 4.69) is 10.1 Å². The average Bonchev–Trinajstić information content (AvgIpc) is 3.10. The fourth-order valence-electron chi connectivity index (χ4n) is 2.67. The Morgan fingerprint density at radius 1 is 1.22 bits per heavy atom. The molecule has 0 spiro atoms. The third-order valence-electron chi connectivity index (χ3n) is 4.27. The molecule has 3 rings (SSSR count). The Morgan fingerprint density at radius 2 is 1.96 bits per heavy atom. The van der Waals surface area contributed by atoms with E-state index < -0.39 is 12.7 Å². The van der Waals surface area contributed by atoms with E-state index in [4.69, 9.17) is 9.47 Å². The first-order valence-corrected chi connectivity index (χ1v) is 8.37. The number of halogens is 2. The number of benzene rings is 2. The maximum absolute atomic E-state index is 12.5. The first-order valence-electron chi connectivity index (χ1n) is 8.37. The third kappa shape index (κ3) is 4.65. The summed E-state index contributed by atoms with van der Waals surface area (Å²) in [4.78, 5) is 14.4. The number of nitrogens with one attached hydrogen (secondary N) is 1. The van der Waals surface area contributed by atoms with Crippen LogP contribution in [-0.2, 0) is 11.3 Å². The van der Waals surface area contributed by atoms with Crippen LogP contribution in [0.5, 0.6) is 17.2 Å². The fraction of sp³-hybridized carbons (Fsp3) is 0.316. The van der Waals surface area contributed by atoms with Gasteiger partial charge >= 0.3 is 6.61 Å². The molecule has 0 aliphatic carbocycles. The van der Waals surface area contributed by atoms with Crippen molar-refractivity contribution in [1.29, 1.82) is 0 Å². The smallest absolute Gasteiger partial charge is 0.387 e. The van der Waals surface area contributed by atoms with Crippen LogP contribution >= 0.6 is 0 Å². The van der Waals surface area contributed by atoms with Crippen molar-refractivity contribution in [3.63, 3.8) is 0 Å². The zero-order valence-electron chi connectivity index (χ0n) is 14.9. The second-order valence-electron chi connectivity index (χ2n) is 6.14. The molecule has 0 saturated carbocycles. The lowest BCUT2D eigenvalue weighted by Gasteiger charge is -2.24. The Bertz CT molecular complexity index is 816. The van der Waals surface area contributed by atoms with E-state index in [0.717, 1.165) is 5.56 Å². The highest BCUT2D eigenvalue weighted by Gasteiger charge is 2.21. The molecular formula is C19H20F2N2O4. The van der Waals surface area contributed by atoms with Crippen LogP contribution in [0.15, 0.2) is 42.5 Å². The molecule has 1 N–H and O–H groups in total. The molecule has 2 aromatic carbocycles. The van der Waals surface area contributed by atoms with Gasteiger partial charge in [0.15, 0.2) is 11.5 Å². The van der Waals surface area contributed by atoms with Crippen LogP contribution in [0.25, 0.3) is 0 Å². The van der Waals surface area contributed by atoms with Gasteiger partial charge in [-0.1, -0.05) is 18.2 Å². The highest BCUT2D eigenvalue weighted by molar-refractivity contribution is 5.95. The van der Waals surface area contributed by atoms with E-state index in [0.29, 0.717) is 18.0 Å². The molecule has 1 aliphatic heterocycles. The zero-order valence-corrected chi connectivity index (χ0v) is 14.9. The standard InChI is InChI=1S/C19H20F2N2O4/c1-12(18(24)22-14-5-3-4-6-15(14)27-19(20)21)23(2)10-13-7-8-16-17(9-13)26-11-25-16/h3-9,12,19H,10-11H2,1-2H3,(H,22,24)/t12-/m1/s1. The van der Waals surface area contributed by atoms with Gasteiger partial charge in [0.1, 0.15) is 5.75 Å². The average molecular weight is 378 g/mol. The largest absolute Gasteiger partial charge is 0.454 e. The fourth-order valence-corrected chi connectivity index (χ4v) is 2.67. The molecular weight excluding hydrogens is 358 g/mol. The molecule has 1 amide bonds. The van der Waals surface area contributed by atoms with Gasteiger partial charge in [0, 0.05) is 6.54 Å². The van der Waals surface area contributed by atoms with E-state index >= 15 is 0 Å². The van der Waals surface area contributed by atoms with Gasteiger partial charge < -0.3 is 19.5 Å². The van der Waals surface area contributed by atoms with Gasteiger partial charge in [-0.15, -0.1) is 0 Å². The molecule has 8 heteroatoms. The van der Waals surface area contributed by atoms with Crippen molar-refractivity contribution < 1.29 is 27.8 Å². The van der Waals surface area contributed by atoms with Gasteiger partial charge in [-0.3, -0.25) is 9.69 Å². The number of para-hydroxylation sites is 2. The van der Waals surface area contributed by atoms with Crippen LogP contribution in [0.3, 0.4) is 0 Å². The maximum Gasteiger partial charge on any atom is 0.387 e. The zero-order chi connectivity index (χ0) is 19.4. The Balaban J connectivity index is 1.63. The molecule has 144 valence electrons. The summed E-state index contributed by atoms with van der Waals surface area (Å²) in [5.74, 6) is 0.967. The van der Waals surface area contributed by atoms with Crippen molar-refractivity contribution in [3.05, 3.63) is 48.0 Å². The van der Waals surface area contributed by atoms with Gasteiger partial charge in [0.2, 0.25) is 12.7 Å². The number of nitrogens with zero attached hydrogens (tertiary/aromatic N) is 1. The number of rotatable bonds is 7. The van der Waals surface area contributed by atoms with E-state index in [1.54, 1.807) is 26.1 Å². The summed E-state index contributed by atoms with van der Waals surface area (Å²) in [5, 5.41) is 2.64. The van der Waals surface area contributed by atoms with Gasteiger partial charge in [-0.05, 0) is 43.8 Å². The molecule has 27 heavy (non-hydrogen) atoms. The summed E-state index contributed by atoms with van der Waals surface area (Å²) in [6.07, 6.45) is 0. The number of anilines is 1. The molecule has 2 aromatic rings. The molecule has 0 fully saturated rings. The van der Waals surface area contributed by atoms with Gasteiger partial charge in [0.25, 0.3) is 0 Å². The summed E-state index contributed by atoms with van der Waals surface area (Å²) in [7, 11) is 1.80. The second-order valence-corrected chi connectivity index (χ2v) is 6.14. The Morgan fingerprint density at radius 3 is 2.74 bits per heavy atom. The van der Waals surface area contributed by atoms with E-state index in [1.807, 2.05) is 23.1 Å². The van der Waals surface area contributed by atoms with Crippen molar-refractivity contribution in [3.8, 4) is 17.2 Å². The van der Waals surface area contributed by atoms with Crippen molar-refractivity contribution >= 4 is 11.6 Å². The van der Waals surface area contributed by atoms with Crippen molar-refractivity contribution in [2.24, 2.45) is 0 Å². The molecule has 0 saturated heterocycles. The lowest BCUT2D eigenvalue weighted by Crippen LogP contribution is -2.39.